The quantitative estimate of drug-likeness (QED) is 0.491. The highest BCUT2D eigenvalue weighted by molar-refractivity contribution is 4.85. The molecule has 110 valence electrons. The van der Waals surface area contributed by atoms with Gasteiger partial charge in [-0.05, 0) is 6.42 Å². The number of methoxy groups -OCH3 is 3. The summed E-state index contributed by atoms with van der Waals surface area (Å²) in [5, 5.41) is 0. The van der Waals surface area contributed by atoms with Gasteiger partial charge in [-0.25, -0.2) is 0 Å². The van der Waals surface area contributed by atoms with Gasteiger partial charge in [0.2, 0.25) is 0 Å². The van der Waals surface area contributed by atoms with E-state index in [-0.39, 0.29) is 24.6 Å². The van der Waals surface area contributed by atoms with Crippen molar-refractivity contribution in [2.45, 2.75) is 43.9 Å². The van der Waals surface area contributed by atoms with Gasteiger partial charge in [-0.1, -0.05) is 0 Å². The molecule has 0 aliphatic carbocycles. The van der Waals surface area contributed by atoms with Gasteiger partial charge < -0.3 is 23.7 Å². The second-order valence-electron chi connectivity index (χ2n) is 4.45. The van der Waals surface area contributed by atoms with E-state index >= 15 is 0 Å². The average Bonchev–Trinajstić information content (AvgIpc) is 2.43. The van der Waals surface area contributed by atoms with Gasteiger partial charge in [0.25, 0.3) is 0 Å². The van der Waals surface area contributed by atoms with Crippen LogP contribution in [-0.4, -0.2) is 59.1 Å². The highest BCUT2D eigenvalue weighted by Crippen LogP contribution is 2.25. The zero-order chi connectivity index (χ0) is 14.1. The Balaban J connectivity index is 2.49. The summed E-state index contributed by atoms with van der Waals surface area (Å²) in [6.45, 7) is 1.03. The molecule has 5 nitrogen and oxygen atoms in total. The Hall–Kier alpha value is -0.640. The molecule has 0 aromatic carbocycles. The van der Waals surface area contributed by atoms with Crippen LogP contribution < -0.4 is 0 Å². The highest BCUT2D eigenvalue weighted by Gasteiger charge is 2.39. The van der Waals surface area contributed by atoms with Crippen LogP contribution in [-0.2, 0) is 23.7 Å². The summed E-state index contributed by atoms with van der Waals surface area (Å²) in [6.07, 6.45) is 6.70. The molecule has 1 saturated heterocycles. The number of ether oxygens (including phenoxy) is 5. The first-order valence-corrected chi connectivity index (χ1v) is 6.51. The summed E-state index contributed by atoms with van der Waals surface area (Å²) < 4.78 is 27.6. The molecule has 1 heterocycles. The highest BCUT2D eigenvalue weighted by atomic mass is 16.7. The van der Waals surface area contributed by atoms with Crippen molar-refractivity contribution in [3.05, 3.63) is 0 Å². The molecule has 0 unspecified atom stereocenters. The van der Waals surface area contributed by atoms with Crippen molar-refractivity contribution in [3.63, 3.8) is 0 Å². The molecule has 5 heteroatoms. The summed E-state index contributed by atoms with van der Waals surface area (Å²) in [4.78, 5) is 0. The molecular formula is C14H24O5. The van der Waals surface area contributed by atoms with Gasteiger partial charge in [0.1, 0.15) is 12.2 Å². The topological polar surface area (TPSA) is 46.2 Å². The lowest BCUT2D eigenvalue weighted by molar-refractivity contribution is -0.266. The summed E-state index contributed by atoms with van der Waals surface area (Å²) in [6, 6.07) is 0. The third-order valence-electron chi connectivity index (χ3n) is 3.16. The van der Waals surface area contributed by atoms with E-state index in [1.165, 1.54) is 0 Å². The fraction of sp³-hybridized carbons (Fsp3) is 0.857. The van der Waals surface area contributed by atoms with Crippen LogP contribution in [0, 0.1) is 12.3 Å². The third-order valence-corrected chi connectivity index (χ3v) is 3.16. The molecule has 0 N–H and O–H groups in total. The van der Waals surface area contributed by atoms with Gasteiger partial charge in [0.15, 0.2) is 6.29 Å². The zero-order valence-corrected chi connectivity index (χ0v) is 12.0. The predicted molar refractivity (Wildman–Crippen MR) is 70.8 cm³/mol. The first-order valence-electron chi connectivity index (χ1n) is 6.51. The smallest absolute Gasteiger partial charge is 0.160 e. The number of unbranched alkanes of at least 4 members (excludes halogenated alkanes) is 1. The van der Waals surface area contributed by atoms with E-state index in [1.54, 1.807) is 21.3 Å². The first-order chi connectivity index (χ1) is 9.26. The second kappa shape index (κ2) is 9.29. The normalized spacial score (nSPS) is 31.1. The Kier molecular flexibility index (Phi) is 8.03. The SMILES string of the molecule is C#CCCCO[C@H]1C[C@@H](OC)[C@H](OC)[C@@H](COC)O1. The van der Waals surface area contributed by atoms with Crippen molar-refractivity contribution in [3.8, 4) is 12.3 Å². The van der Waals surface area contributed by atoms with E-state index in [1.807, 2.05) is 0 Å². The van der Waals surface area contributed by atoms with E-state index in [2.05, 4.69) is 5.92 Å². The molecular weight excluding hydrogens is 248 g/mol. The number of rotatable bonds is 8. The lowest BCUT2D eigenvalue weighted by atomic mass is 10.0. The molecule has 0 bridgehead atoms. The van der Waals surface area contributed by atoms with E-state index in [9.17, 15) is 0 Å². The molecule has 1 fully saturated rings. The van der Waals surface area contributed by atoms with Crippen LogP contribution in [0.1, 0.15) is 19.3 Å². The Bertz CT molecular complexity index is 276. The maximum absolute atomic E-state index is 5.84. The fourth-order valence-corrected chi connectivity index (χ4v) is 2.22. The minimum atomic E-state index is -0.297. The Morgan fingerprint density at radius 3 is 2.63 bits per heavy atom. The molecule has 0 radical (unpaired) electrons. The lowest BCUT2D eigenvalue weighted by Crippen LogP contribution is -2.52. The lowest BCUT2D eigenvalue weighted by Gasteiger charge is -2.39. The summed E-state index contributed by atoms with van der Waals surface area (Å²) in [5.74, 6) is 2.59. The largest absolute Gasteiger partial charge is 0.382 e. The van der Waals surface area contributed by atoms with E-state index < -0.39 is 0 Å². The maximum atomic E-state index is 5.84. The predicted octanol–water partition coefficient (Wildman–Crippen LogP) is 1.21. The Morgan fingerprint density at radius 1 is 1.26 bits per heavy atom. The maximum Gasteiger partial charge on any atom is 0.160 e. The molecule has 1 rings (SSSR count). The zero-order valence-electron chi connectivity index (χ0n) is 12.0. The Morgan fingerprint density at radius 2 is 2.05 bits per heavy atom. The number of terminal acetylenes is 1. The minimum Gasteiger partial charge on any atom is -0.382 e. The molecule has 0 spiro atoms. The molecule has 1 aliphatic rings. The van der Waals surface area contributed by atoms with Gasteiger partial charge in [-0.15, -0.1) is 12.3 Å². The van der Waals surface area contributed by atoms with Gasteiger partial charge in [0, 0.05) is 34.2 Å². The third kappa shape index (κ3) is 5.09. The standard InChI is InChI=1S/C14H24O5/c1-5-6-7-8-18-13-9-11(16-3)14(17-4)12(19-13)10-15-2/h1,11-14H,6-10H2,2-4H3/t11-,12-,13-,14+/m1/s1. The molecule has 0 aromatic heterocycles. The van der Waals surface area contributed by atoms with Crippen molar-refractivity contribution in [1.82, 2.24) is 0 Å². The van der Waals surface area contributed by atoms with Crippen LogP contribution in [0.5, 0.6) is 0 Å². The van der Waals surface area contributed by atoms with Crippen molar-refractivity contribution in [1.29, 1.82) is 0 Å². The summed E-state index contributed by atoms with van der Waals surface area (Å²) in [5.41, 5.74) is 0. The summed E-state index contributed by atoms with van der Waals surface area (Å²) in [7, 11) is 4.95. The van der Waals surface area contributed by atoms with Gasteiger partial charge in [-0.3, -0.25) is 0 Å². The molecule has 0 amide bonds. The van der Waals surface area contributed by atoms with Crippen LogP contribution in [0.4, 0.5) is 0 Å². The van der Waals surface area contributed by atoms with Crippen LogP contribution in [0.15, 0.2) is 0 Å². The van der Waals surface area contributed by atoms with Crippen molar-refractivity contribution >= 4 is 0 Å². The van der Waals surface area contributed by atoms with Crippen LogP contribution in [0.3, 0.4) is 0 Å². The minimum absolute atomic E-state index is 0.0588. The molecule has 0 aromatic rings. The molecule has 4 atom stereocenters. The van der Waals surface area contributed by atoms with Crippen molar-refractivity contribution in [2.75, 3.05) is 34.5 Å². The van der Waals surface area contributed by atoms with E-state index in [0.29, 0.717) is 26.1 Å². The van der Waals surface area contributed by atoms with Crippen LogP contribution in [0.25, 0.3) is 0 Å². The fourth-order valence-electron chi connectivity index (χ4n) is 2.22. The second-order valence-corrected chi connectivity index (χ2v) is 4.45. The van der Waals surface area contributed by atoms with Crippen LogP contribution in [0.2, 0.25) is 0 Å². The monoisotopic (exact) mass is 272 g/mol. The van der Waals surface area contributed by atoms with Crippen molar-refractivity contribution in [2.24, 2.45) is 0 Å². The van der Waals surface area contributed by atoms with Crippen LogP contribution >= 0.6 is 0 Å². The molecule has 0 saturated carbocycles. The molecule has 19 heavy (non-hydrogen) atoms. The van der Waals surface area contributed by atoms with Crippen molar-refractivity contribution < 1.29 is 23.7 Å². The number of hydrogen-bond acceptors (Lipinski definition) is 5. The van der Waals surface area contributed by atoms with Gasteiger partial charge in [0.05, 0.1) is 19.3 Å². The van der Waals surface area contributed by atoms with Gasteiger partial charge in [-0.2, -0.15) is 0 Å². The van der Waals surface area contributed by atoms with E-state index in [4.69, 9.17) is 30.1 Å². The number of hydrogen-bond donors (Lipinski definition) is 0. The molecule has 1 aliphatic heterocycles. The van der Waals surface area contributed by atoms with Gasteiger partial charge >= 0.3 is 0 Å². The first kappa shape index (κ1) is 16.4. The average molecular weight is 272 g/mol. The van der Waals surface area contributed by atoms with E-state index in [0.717, 1.165) is 6.42 Å². The summed E-state index contributed by atoms with van der Waals surface area (Å²) >= 11 is 0. The Labute approximate surface area is 115 Å².